The molecule has 0 spiro atoms. The van der Waals surface area contributed by atoms with Crippen molar-refractivity contribution in [3.05, 3.63) is 24.3 Å². The first kappa shape index (κ1) is 12.3. The molecule has 2 amide bonds. The van der Waals surface area contributed by atoms with Crippen molar-refractivity contribution in [1.29, 1.82) is 0 Å². The van der Waals surface area contributed by atoms with Gasteiger partial charge in [-0.25, -0.2) is 4.79 Å². The van der Waals surface area contributed by atoms with Crippen LogP contribution in [0.25, 0.3) is 0 Å². The molecule has 2 aliphatic rings. The number of hydrogen-bond acceptors (Lipinski definition) is 3. The molecule has 2 N–H and O–H groups in total. The van der Waals surface area contributed by atoms with Crippen LogP contribution in [0.2, 0.25) is 0 Å². The van der Waals surface area contributed by atoms with E-state index in [2.05, 4.69) is 10.6 Å². The van der Waals surface area contributed by atoms with Crippen LogP contribution >= 0.6 is 0 Å². The first-order valence-electron chi connectivity index (χ1n) is 6.67. The summed E-state index contributed by atoms with van der Waals surface area (Å²) >= 11 is 0. The lowest BCUT2D eigenvalue weighted by Crippen LogP contribution is -2.35. The lowest BCUT2D eigenvalue weighted by molar-refractivity contribution is 0.219. The topological polar surface area (TPSA) is 53.6 Å². The molecule has 102 valence electrons. The van der Waals surface area contributed by atoms with Crippen LogP contribution in [0.15, 0.2) is 24.3 Å². The van der Waals surface area contributed by atoms with Crippen LogP contribution in [0, 0.1) is 11.8 Å². The summed E-state index contributed by atoms with van der Waals surface area (Å²) in [6, 6.07) is 7.40. The zero-order valence-corrected chi connectivity index (χ0v) is 11.1. The van der Waals surface area contributed by atoms with Crippen molar-refractivity contribution in [3.8, 4) is 5.75 Å². The molecule has 0 aliphatic carbocycles. The van der Waals surface area contributed by atoms with Crippen molar-refractivity contribution >= 4 is 11.7 Å². The number of methoxy groups -OCH3 is 1. The van der Waals surface area contributed by atoms with E-state index in [0.29, 0.717) is 11.8 Å². The molecule has 0 aromatic heterocycles. The Morgan fingerprint density at radius 2 is 1.89 bits per heavy atom. The highest BCUT2D eigenvalue weighted by atomic mass is 16.5. The average molecular weight is 261 g/mol. The van der Waals surface area contributed by atoms with E-state index in [-0.39, 0.29) is 6.03 Å². The van der Waals surface area contributed by atoms with Crippen molar-refractivity contribution in [1.82, 2.24) is 10.2 Å². The molecule has 5 heteroatoms. The van der Waals surface area contributed by atoms with Gasteiger partial charge in [0.15, 0.2) is 0 Å². The van der Waals surface area contributed by atoms with Crippen molar-refractivity contribution in [2.45, 2.75) is 0 Å². The van der Waals surface area contributed by atoms with Crippen molar-refractivity contribution in [2.24, 2.45) is 11.8 Å². The van der Waals surface area contributed by atoms with Crippen LogP contribution in [0.1, 0.15) is 0 Å². The van der Waals surface area contributed by atoms with E-state index in [1.54, 1.807) is 7.11 Å². The third-order valence-electron chi connectivity index (χ3n) is 4.02. The van der Waals surface area contributed by atoms with Gasteiger partial charge in [-0.1, -0.05) is 0 Å². The van der Waals surface area contributed by atoms with Gasteiger partial charge in [-0.3, -0.25) is 0 Å². The van der Waals surface area contributed by atoms with Gasteiger partial charge in [-0.05, 0) is 36.1 Å². The zero-order chi connectivity index (χ0) is 13.2. The molecule has 2 saturated heterocycles. The number of urea groups is 1. The molecular weight excluding hydrogens is 242 g/mol. The Bertz CT molecular complexity index is 448. The zero-order valence-electron chi connectivity index (χ0n) is 11.1. The SMILES string of the molecule is COc1ccc(NC(=O)N2CC3CNCC3C2)cc1. The predicted molar refractivity (Wildman–Crippen MR) is 73.4 cm³/mol. The number of anilines is 1. The Kier molecular flexibility index (Phi) is 3.29. The first-order valence-corrected chi connectivity index (χ1v) is 6.67. The number of amides is 2. The highest BCUT2D eigenvalue weighted by Gasteiger charge is 2.37. The van der Waals surface area contributed by atoms with Crippen LogP contribution in [0.3, 0.4) is 0 Å². The largest absolute Gasteiger partial charge is 0.497 e. The quantitative estimate of drug-likeness (QED) is 0.845. The summed E-state index contributed by atoms with van der Waals surface area (Å²) in [6.07, 6.45) is 0. The molecule has 1 aromatic rings. The van der Waals surface area contributed by atoms with Gasteiger partial charge in [0.05, 0.1) is 7.11 Å². The molecule has 5 nitrogen and oxygen atoms in total. The summed E-state index contributed by atoms with van der Waals surface area (Å²) in [6.45, 7) is 3.80. The minimum Gasteiger partial charge on any atom is -0.497 e. The molecule has 2 fully saturated rings. The number of hydrogen-bond donors (Lipinski definition) is 2. The lowest BCUT2D eigenvalue weighted by atomic mass is 10.0. The Hall–Kier alpha value is -1.75. The van der Waals surface area contributed by atoms with Crippen LogP contribution in [-0.2, 0) is 0 Å². The van der Waals surface area contributed by atoms with E-state index in [4.69, 9.17) is 4.74 Å². The van der Waals surface area contributed by atoms with Gasteiger partial charge in [0.25, 0.3) is 0 Å². The predicted octanol–water partition coefficient (Wildman–Crippen LogP) is 1.38. The van der Waals surface area contributed by atoms with Crippen molar-refractivity contribution in [3.63, 3.8) is 0 Å². The van der Waals surface area contributed by atoms with E-state index < -0.39 is 0 Å². The molecule has 19 heavy (non-hydrogen) atoms. The molecule has 3 rings (SSSR count). The van der Waals surface area contributed by atoms with Crippen LogP contribution in [0.5, 0.6) is 5.75 Å². The second-order valence-corrected chi connectivity index (χ2v) is 5.24. The van der Waals surface area contributed by atoms with Crippen LogP contribution in [0.4, 0.5) is 10.5 Å². The minimum absolute atomic E-state index is 0.000401. The Morgan fingerprint density at radius 1 is 1.26 bits per heavy atom. The van der Waals surface area contributed by atoms with Gasteiger partial charge in [0.1, 0.15) is 5.75 Å². The maximum absolute atomic E-state index is 12.2. The maximum atomic E-state index is 12.2. The van der Waals surface area contributed by atoms with Crippen LogP contribution in [-0.4, -0.2) is 44.2 Å². The maximum Gasteiger partial charge on any atom is 0.321 e. The van der Waals surface area contributed by atoms with Gasteiger partial charge < -0.3 is 20.3 Å². The Balaban J connectivity index is 1.59. The molecule has 0 radical (unpaired) electrons. The fourth-order valence-electron chi connectivity index (χ4n) is 2.90. The van der Waals surface area contributed by atoms with Crippen LogP contribution < -0.4 is 15.4 Å². The van der Waals surface area contributed by atoms with E-state index in [1.165, 1.54) is 0 Å². The summed E-state index contributed by atoms with van der Waals surface area (Å²) in [5, 5.41) is 6.31. The third kappa shape index (κ3) is 2.51. The Labute approximate surface area is 112 Å². The summed E-state index contributed by atoms with van der Waals surface area (Å²) in [5.74, 6) is 2.04. The lowest BCUT2D eigenvalue weighted by Gasteiger charge is -2.18. The third-order valence-corrected chi connectivity index (χ3v) is 4.02. The second-order valence-electron chi connectivity index (χ2n) is 5.24. The standard InChI is InChI=1S/C14H19N3O2/c1-19-13-4-2-12(3-5-13)16-14(18)17-8-10-6-15-7-11(10)9-17/h2-5,10-11,15H,6-9H2,1H3,(H,16,18). The highest BCUT2D eigenvalue weighted by molar-refractivity contribution is 5.89. The molecule has 0 saturated carbocycles. The first-order chi connectivity index (χ1) is 9.26. The van der Waals surface area contributed by atoms with E-state index in [9.17, 15) is 4.79 Å². The van der Waals surface area contributed by atoms with Crippen molar-refractivity contribution in [2.75, 3.05) is 38.6 Å². The molecular formula is C14H19N3O2. The molecule has 1 aromatic carbocycles. The Morgan fingerprint density at radius 3 is 2.47 bits per heavy atom. The summed E-state index contributed by atoms with van der Waals surface area (Å²) in [4.78, 5) is 14.1. The highest BCUT2D eigenvalue weighted by Crippen LogP contribution is 2.26. The number of carbonyl (C=O) groups excluding carboxylic acids is 1. The summed E-state index contributed by atoms with van der Waals surface area (Å²) in [7, 11) is 1.63. The minimum atomic E-state index is -0.000401. The summed E-state index contributed by atoms with van der Waals surface area (Å²) < 4.78 is 5.09. The number of likely N-dealkylation sites (tertiary alicyclic amines) is 1. The van der Waals surface area contributed by atoms with Crippen molar-refractivity contribution < 1.29 is 9.53 Å². The molecule has 2 atom stereocenters. The van der Waals surface area contributed by atoms with E-state index in [0.717, 1.165) is 37.6 Å². The molecule has 0 bridgehead atoms. The normalized spacial score (nSPS) is 25.2. The molecule has 2 heterocycles. The van der Waals surface area contributed by atoms with E-state index in [1.807, 2.05) is 29.2 Å². The number of nitrogens with zero attached hydrogens (tertiary/aromatic N) is 1. The number of benzene rings is 1. The monoisotopic (exact) mass is 261 g/mol. The van der Waals surface area contributed by atoms with E-state index >= 15 is 0 Å². The average Bonchev–Trinajstić information content (AvgIpc) is 3.00. The molecule has 2 aliphatic heterocycles. The summed E-state index contributed by atoms with van der Waals surface area (Å²) in [5.41, 5.74) is 0.806. The number of rotatable bonds is 2. The van der Waals surface area contributed by atoms with Gasteiger partial charge >= 0.3 is 6.03 Å². The fourth-order valence-corrected chi connectivity index (χ4v) is 2.90. The number of ether oxygens (including phenoxy) is 1. The van der Waals surface area contributed by atoms with Gasteiger partial charge in [-0.2, -0.15) is 0 Å². The number of carbonyl (C=O) groups is 1. The van der Waals surface area contributed by atoms with Gasteiger partial charge in [0, 0.05) is 31.9 Å². The second kappa shape index (κ2) is 5.09. The number of nitrogens with one attached hydrogen (secondary N) is 2. The number of fused-ring (bicyclic) bond motifs is 1. The smallest absolute Gasteiger partial charge is 0.321 e. The fraction of sp³-hybridized carbons (Fsp3) is 0.500. The van der Waals surface area contributed by atoms with Gasteiger partial charge in [0.2, 0.25) is 0 Å². The van der Waals surface area contributed by atoms with Gasteiger partial charge in [-0.15, -0.1) is 0 Å². The molecule has 2 unspecified atom stereocenters.